The monoisotopic (exact) mass is 469 g/mol. The van der Waals surface area contributed by atoms with Crippen LogP contribution in [0, 0.1) is 17.1 Å². The summed E-state index contributed by atoms with van der Waals surface area (Å²) in [6.45, 7) is 0.947. The van der Waals surface area contributed by atoms with Gasteiger partial charge in [-0.3, -0.25) is 4.79 Å². The second-order valence-electron chi connectivity index (χ2n) is 7.08. The number of hydrogen-bond donors (Lipinski definition) is 2. The maximum Gasteiger partial charge on any atom is 0.441 e. The molecule has 1 aromatic carbocycles. The third-order valence-electron chi connectivity index (χ3n) is 5.00. The zero-order valence-electron chi connectivity index (χ0n) is 16.9. The third kappa shape index (κ3) is 4.41. The molecule has 0 aliphatic heterocycles. The highest BCUT2D eigenvalue weighted by molar-refractivity contribution is 7.16. The SMILES string of the molecule is CCOC(=O)[C@@](NC(=O)c1ccc(F)cc1)(Nc1sc2c(c1C#N)CCCC2)C(F)(F)F. The lowest BCUT2D eigenvalue weighted by molar-refractivity contribution is -0.204. The van der Waals surface area contributed by atoms with E-state index in [1.807, 2.05) is 6.07 Å². The van der Waals surface area contributed by atoms with Crippen LogP contribution in [0.2, 0.25) is 0 Å². The molecule has 11 heteroatoms. The van der Waals surface area contributed by atoms with Crippen LogP contribution in [-0.2, 0) is 22.4 Å². The van der Waals surface area contributed by atoms with Crippen LogP contribution in [0.3, 0.4) is 0 Å². The van der Waals surface area contributed by atoms with E-state index in [0.29, 0.717) is 18.4 Å². The summed E-state index contributed by atoms with van der Waals surface area (Å²) in [7, 11) is 0. The number of halogens is 4. The number of nitriles is 1. The number of fused-ring (bicyclic) bond motifs is 1. The summed E-state index contributed by atoms with van der Waals surface area (Å²) in [5.41, 5.74) is -3.29. The Morgan fingerprint density at radius 2 is 1.84 bits per heavy atom. The summed E-state index contributed by atoms with van der Waals surface area (Å²) < 4.78 is 61.0. The topological polar surface area (TPSA) is 91.2 Å². The molecular formula is C21H19F4N3O3S. The van der Waals surface area contributed by atoms with Crippen LogP contribution in [0.5, 0.6) is 0 Å². The van der Waals surface area contributed by atoms with Crippen molar-refractivity contribution in [3.8, 4) is 6.07 Å². The van der Waals surface area contributed by atoms with Crippen LogP contribution in [0.15, 0.2) is 24.3 Å². The number of carbonyl (C=O) groups excluding carboxylic acids is 2. The number of alkyl halides is 3. The lowest BCUT2D eigenvalue weighted by atomic mass is 9.96. The molecule has 0 fully saturated rings. The van der Waals surface area contributed by atoms with E-state index in [1.54, 1.807) is 5.32 Å². The molecule has 2 aromatic rings. The Labute approximate surface area is 185 Å². The summed E-state index contributed by atoms with van der Waals surface area (Å²) in [6.07, 6.45) is -2.57. The molecule has 1 atom stereocenters. The second kappa shape index (κ2) is 9.16. The number of anilines is 1. The summed E-state index contributed by atoms with van der Waals surface area (Å²) >= 11 is 0.948. The van der Waals surface area contributed by atoms with Crippen LogP contribution in [0.25, 0.3) is 0 Å². The lowest BCUT2D eigenvalue weighted by Gasteiger charge is -2.35. The molecule has 1 aromatic heterocycles. The molecule has 1 aliphatic carbocycles. The molecule has 1 amide bonds. The molecule has 0 unspecified atom stereocenters. The van der Waals surface area contributed by atoms with Crippen LogP contribution < -0.4 is 10.6 Å². The Bertz CT molecular complexity index is 1060. The van der Waals surface area contributed by atoms with E-state index in [0.717, 1.165) is 53.3 Å². The van der Waals surface area contributed by atoms with Crippen molar-refractivity contribution in [2.45, 2.75) is 44.4 Å². The first-order chi connectivity index (χ1) is 15.1. The molecule has 1 heterocycles. The number of carbonyl (C=O) groups is 2. The molecule has 2 N–H and O–H groups in total. The summed E-state index contributed by atoms with van der Waals surface area (Å²) in [5, 5.41) is 13.2. The normalized spacial score (nSPS) is 15.1. The predicted molar refractivity (Wildman–Crippen MR) is 109 cm³/mol. The van der Waals surface area contributed by atoms with E-state index in [-0.39, 0.29) is 22.7 Å². The Morgan fingerprint density at radius 1 is 1.19 bits per heavy atom. The van der Waals surface area contributed by atoms with E-state index >= 15 is 0 Å². The smallest absolute Gasteiger partial charge is 0.441 e. The maximum atomic E-state index is 14.4. The minimum absolute atomic E-state index is 0.0126. The molecular weight excluding hydrogens is 450 g/mol. The Kier molecular flexibility index (Phi) is 6.74. The molecule has 1 aliphatic rings. The van der Waals surface area contributed by atoms with Crippen LogP contribution >= 0.6 is 11.3 Å². The van der Waals surface area contributed by atoms with E-state index in [1.165, 1.54) is 6.92 Å². The van der Waals surface area contributed by atoms with Gasteiger partial charge in [-0.2, -0.15) is 18.4 Å². The van der Waals surface area contributed by atoms with Gasteiger partial charge in [-0.25, -0.2) is 9.18 Å². The first-order valence-corrected chi connectivity index (χ1v) is 10.6. The van der Waals surface area contributed by atoms with Crippen molar-refractivity contribution in [2.24, 2.45) is 0 Å². The van der Waals surface area contributed by atoms with Crippen molar-refractivity contribution < 1.29 is 31.9 Å². The van der Waals surface area contributed by atoms with Gasteiger partial charge >= 0.3 is 17.8 Å². The molecule has 0 radical (unpaired) electrons. The fraction of sp³-hybridized carbons (Fsp3) is 0.381. The number of hydrogen-bond acceptors (Lipinski definition) is 6. The first kappa shape index (κ1) is 23.5. The van der Waals surface area contributed by atoms with Gasteiger partial charge in [-0.05, 0) is 62.4 Å². The van der Waals surface area contributed by atoms with Crippen molar-refractivity contribution in [1.82, 2.24) is 5.32 Å². The molecule has 32 heavy (non-hydrogen) atoms. The van der Waals surface area contributed by atoms with Crippen molar-refractivity contribution in [2.75, 3.05) is 11.9 Å². The van der Waals surface area contributed by atoms with Gasteiger partial charge in [0.1, 0.15) is 16.9 Å². The average Bonchev–Trinajstić information content (AvgIpc) is 3.09. The van der Waals surface area contributed by atoms with Crippen LogP contribution in [0.1, 0.15) is 46.1 Å². The van der Waals surface area contributed by atoms with Gasteiger partial charge in [-0.15, -0.1) is 11.3 Å². The quantitative estimate of drug-likeness (QED) is 0.374. The zero-order valence-corrected chi connectivity index (χ0v) is 17.8. The van der Waals surface area contributed by atoms with E-state index < -0.39 is 29.5 Å². The second-order valence-corrected chi connectivity index (χ2v) is 8.19. The Balaban J connectivity index is 2.09. The number of rotatable bonds is 6. The maximum absolute atomic E-state index is 14.4. The predicted octanol–water partition coefficient (Wildman–Crippen LogP) is 4.30. The lowest BCUT2D eigenvalue weighted by Crippen LogP contribution is -2.69. The van der Waals surface area contributed by atoms with E-state index in [4.69, 9.17) is 0 Å². The van der Waals surface area contributed by atoms with Gasteiger partial charge in [0.05, 0.1) is 12.2 Å². The van der Waals surface area contributed by atoms with E-state index in [9.17, 15) is 32.4 Å². The van der Waals surface area contributed by atoms with Crippen LogP contribution in [0.4, 0.5) is 22.6 Å². The summed E-state index contributed by atoms with van der Waals surface area (Å²) in [5.74, 6) is -3.74. The van der Waals surface area contributed by atoms with Crippen molar-refractivity contribution >= 4 is 28.2 Å². The van der Waals surface area contributed by atoms with Gasteiger partial charge in [-0.1, -0.05) is 0 Å². The highest BCUT2D eigenvalue weighted by Gasteiger charge is 2.64. The third-order valence-corrected chi connectivity index (χ3v) is 6.21. The highest BCUT2D eigenvalue weighted by Crippen LogP contribution is 2.41. The number of thiophene rings is 1. The molecule has 0 bridgehead atoms. The molecule has 170 valence electrons. The number of aryl methyl sites for hydroxylation is 1. The van der Waals surface area contributed by atoms with Crippen LogP contribution in [-0.4, -0.2) is 30.3 Å². The fourth-order valence-electron chi connectivity index (χ4n) is 3.42. The number of ether oxygens (including phenoxy) is 1. The molecule has 0 saturated heterocycles. The van der Waals surface area contributed by atoms with Crippen molar-refractivity contribution in [3.63, 3.8) is 0 Å². The van der Waals surface area contributed by atoms with Gasteiger partial charge in [0.25, 0.3) is 5.91 Å². The Morgan fingerprint density at radius 3 is 2.44 bits per heavy atom. The fourth-order valence-corrected chi connectivity index (χ4v) is 4.71. The highest BCUT2D eigenvalue weighted by atomic mass is 32.1. The zero-order chi connectivity index (χ0) is 23.5. The summed E-state index contributed by atoms with van der Waals surface area (Å²) in [4.78, 5) is 26.0. The van der Waals surface area contributed by atoms with Gasteiger partial charge < -0.3 is 15.4 Å². The van der Waals surface area contributed by atoms with Crippen molar-refractivity contribution in [1.29, 1.82) is 5.26 Å². The minimum Gasteiger partial charge on any atom is -0.463 e. The molecule has 3 rings (SSSR count). The average molecular weight is 469 g/mol. The summed E-state index contributed by atoms with van der Waals surface area (Å²) in [6, 6.07) is 5.70. The molecule has 0 saturated carbocycles. The number of nitrogens with one attached hydrogen (secondary N) is 2. The number of benzene rings is 1. The Hall–Kier alpha value is -3.13. The molecule has 6 nitrogen and oxygen atoms in total. The van der Waals surface area contributed by atoms with Crippen molar-refractivity contribution in [3.05, 3.63) is 51.7 Å². The van der Waals surface area contributed by atoms with Gasteiger partial charge in [0.2, 0.25) is 0 Å². The van der Waals surface area contributed by atoms with Gasteiger partial charge in [0.15, 0.2) is 0 Å². The largest absolute Gasteiger partial charge is 0.463 e. The number of amides is 1. The first-order valence-electron chi connectivity index (χ1n) is 9.77. The minimum atomic E-state index is -5.34. The number of nitrogens with zero attached hydrogens (tertiary/aromatic N) is 1. The van der Waals surface area contributed by atoms with Gasteiger partial charge in [0, 0.05) is 10.4 Å². The molecule has 0 spiro atoms. The van der Waals surface area contributed by atoms with E-state index in [2.05, 4.69) is 10.1 Å². The standard InChI is InChI=1S/C21H19F4N3O3S/c1-2-31-19(30)20(21(23,24)25,27-17(29)12-7-9-13(22)10-8-12)28-18-15(11-26)14-5-3-4-6-16(14)32-18/h7-10,28H,2-6H2,1H3,(H,27,29)/t20-/m1/s1. The number of esters is 1.